The first kappa shape index (κ1) is 38.5. The Morgan fingerprint density at radius 1 is 0.313 bits per heavy atom. The van der Waals surface area contributed by atoms with Crippen LogP contribution in [0.3, 0.4) is 0 Å². The van der Waals surface area contributed by atoms with E-state index in [-0.39, 0.29) is 0 Å². The van der Waals surface area contributed by atoms with Gasteiger partial charge in [-0.1, -0.05) is 194 Å². The van der Waals surface area contributed by atoms with E-state index >= 15 is 0 Å². The van der Waals surface area contributed by atoms with Gasteiger partial charge in [-0.2, -0.15) is 0 Å². The van der Waals surface area contributed by atoms with Crippen molar-refractivity contribution >= 4 is 71.6 Å². The lowest BCUT2D eigenvalue weighted by Crippen LogP contribution is -2.11. The third-order valence-electron chi connectivity index (χ3n) is 13.4. The van der Waals surface area contributed by atoms with Crippen LogP contribution >= 0.6 is 0 Å². The van der Waals surface area contributed by atoms with E-state index in [1.54, 1.807) is 0 Å². The molecule has 13 aromatic rings. The van der Waals surface area contributed by atoms with Crippen LogP contribution in [0.5, 0.6) is 0 Å². The number of anilines is 3. The van der Waals surface area contributed by atoms with Crippen molar-refractivity contribution in [2.45, 2.75) is 0 Å². The van der Waals surface area contributed by atoms with Crippen molar-refractivity contribution < 1.29 is 4.42 Å². The lowest BCUT2D eigenvalue weighted by Gasteiger charge is -2.29. The lowest BCUT2D eigenvalue weighted by atomic mass is 9.94. The van der Waals surface area contributed by atoms with Crippen molar-refractivity contribution in [3.63, 3.8) is 0 Å². The van der Waals surface area contributed by atoms with E-state index < -0.39 is 0 Å². The van der Waals surface area contributed by atoms with Crippen LogP contribution in [-0.4, -0.2) is 4.57 Å². The summed E-state index contributed by atoms with van der Waals surface area (Å²) in [7, 11) is 0. The van der Waals surface area contributed by atoms with Gasteiger partial charge in [0.05, 0.1) is 16.7 Å². The van der Waals surface area contributed by atoms with Crippen LogP contribution in [0.15, 0.2) is 259 Å². The van der Waals surface area contributed by atoms with Gasteiger partial charge in [-0.3, -0.25) is 0 Å². The summed E-state index contributed by atoms with van der Waals surface area (Å²) in [5.74, 6) is 0. The Kier molecular flexibility index (Phi) is 9.17. The normalized spacial score (nSPS) is 11.6. The predicted octanol–water partition coefficient (Wildman–Crippen LogP) is 18.0. The minimum Gasteiger partial charge on any atom is -0.455 e. The van der Waals surface area contributed by atoms with Gasteiger partial charge >= 0.3 is 0 Å². The lowest BCUT2D eigenvalue weighted by molar-refractivity contribution is 0.670. The third kappa shape index (κ3) is 6.59. The average Bonchev–Trinajstić information content (AvgIpc) is 3.95. The van der Waals surface area contributed by atoms with Gasteiger partial charge in [-0.25, -0.2) is 0 Å². The highest BCUT2D eigenvalue weighted by molar-refractivity contribution is 6.11. The summed E-state index contributed by atoms with van der Waals surface area (Å²) >= 11 is 0. The number of furan rings is 1. The number of para-hydroxylation sites is 4. The molecule has 2 aromatic heterocycles. The second kappa shape index (κ2) is 16.0. The molecule has 0 unspecified atom stereocenters. The molecule has 11 aromatic carbocycles. The van der Waals surface area contributed by atoms with E-state index in [2.05, 4.69) is 258 Å². The van der Waals surface area contributed by atoms with Crippen molar-refractivity contribution in [3.8, 4) is 50.2 Å². The average molecular weight is 855 g/mol. The maximum atomic E-state index is 6.60. The quantitative estimate of drug-likeness (QED) is 0.152. The number of hydrogen-bond donors (Lipinski definition) is 0. The molecule has 0 aliphatic carbocycles. The van der Waals surface area contributed by atoms with E-state index in [0.717, 1.165) is 83.6 Å². The molecule has 3 nitrogen and oxygen atoms in total. The molecule has 0 bridgehead atoms. The fraction of sp³-hybridized carbons (Fsp3) is 0. The van der Waals surface area contributed by atoms with Crippen LogP contribution in [0.25, 0.3) is 105 Å². The Labute approximate surface area is 388 Å². The van der Waals surface area contributed by atoms with Gasteiger partial charge in [0.25, 0.3) is 0 Å². The largest absolute Gasteiger partial charge is 0.455 e. The summed E-state index contributed by atoms with van der Waals surface area (Å²) < 4.78 is 8.98. The highest BCUT2D eigenvalue weighted by Crippen LogP contribution is 2.46. The van der Waals surface area contributed by atoms with Gasteiger partial charge in [-0.05, 0) is 105 Å². The molecule has 0 radical (unpaired) electrons. The Balaban J connectivity index is 0.992. The number of rotatable bonds is 8. The molecule has 0 N–H and O–H groups in total. The van der Waals surface area contributed by atoms with Gasteiger partial charge in [0, 0.05) is 49.7 Å². The maximum absolute atomic E-state index is 6.60. The molecular weight excluding hydrogens is 813 g/mol. The minimum absolute atomic E-state index is 0.890. The molecule has 13 rings (SSSR count). The Morgan fingerprint density at radius 3 is 1.72 bits per heavy atom. The molecule has 0 spiro atoms. The molecule has 0 atom stereocenters. The molecule has 0 saturated heterocycles. The zero-order valence-electron chi connectivity index (χ0n) is 36.6. The Bertz CT molecular complexity index is 3930. The van der Waals surface area contributed by atoms with Gasteiger partial charge in [0.2, 0.25) is 0 Å². The maximum Gasteiger partial charge on any atom is 0.143 e. The zero-order chi connectivity index (χ0) is 44.3. The van der Waals surface area contributed by atoms with Crippen LogP contribution in [-0.2, 0) is 0 Å². The summed E-state index contributed by atoms with van der Waals surface area (Å²) in [5.41, 5.74) is 17.6. The second-order valence-corrected chi connectivity index (χ2v) is 17.3. The molecule has 314 valence electrons. The summed E-state index contributed by atoms with van der Waals surface area (Å²) in [4.78, 5) is 2.43. The number of benzene rings is 11. The molecule has 0 saturated carbocycles. The van der Waals surface area contributed by atoms with E-state index in [0.29, 0.717) is 0 Å². The smallest absolute Gasteiger partial charge is 0.143 e. The Hall–Kier alpha value is -8.92. The molecular formula is C64H42N2O. The first-order valence-corrected chi connectivity index (χ1v) is 22.9. The fourth-order valence-electron chi connectivity index (χ4n) is 10.3. The summed E-state index contributed by atoms with van der Waals surface area (Å²) in [6.07, 6.45) is 0. The van der Waals surface area contributed by atoms with Gasteiger partial charge in [-0.15, -0.1) is 0 Å². The summed E-state index contributed by atoms with van der Waals surface area (Å²) in [5, 5.41) is 7.19. The number of nitrogens with zero attached hydrogens (tertiary/aromatic N) is 2. The molecule has 0 amide bonds. The third-order valence-corrected chi connectivity index (χ3v) is 13.4. The number of hydrogen-bond acceptors (Lipinski definition) is 2. The van der Waals surface area contributed by atoms with Crippen molar-refractivity contribution in [1.82, 2.24) is 4.57 Å². The monoisotopic (exact) mass is 854 g/mol. The van der Waals surface area contributed by atoms with Crippen molar-refractivity contribution in [3.05, 3.63) is 255 Å². The molecule has 3 heteroatoms. The fourth-order valence-corrected chi connectivity index (χ4v) is 10.3. The van der Waals surface area contributed by atoms with E-state index in [1.807, 2.05) is 6.07 Å². The SMILES string of the molecule is c1ccc(-c2ccc(-c3cccc4ccccc34)cc2N(c2ccc(-c3cccc(-n4c5ccccc5c5ccccc54)c3)cc2)c2cccc(-c3cccc4c3oc3ccccc34)c2)cc1. The minimum atomic E-state index is 0.890. The second-order valence-electron chi connectivity index (χ2n) is 17.3. The molecule has 67 heavy (non-hydrogen) atoms. The molecule has 0 aliphatic heterocycles. The summed E-state index contributed by atoms with van der Waals surface area (Å²) in [6.45, 7) is 0. The van der Waals surface area contributed by atoms with Gasteiger partial charge < -0.3 is 13.9 Å². The van der Waals surface area contributed by atoms with Crippen LogP contribution < -0.4 is 4.90 Å². The van der Waals surface area contributed by atoms with Crippen molar-refractivity contribution in [1.29, 1.82) is 0 Å². The predicted molar refractivity (Wildman–Crippen MR) is 282 cm³/mol. The van der Waals surface area contributed by atoms with Crippen molar-refractivity contribution in [2.24, 2.45) is 0 Å². The van der Waals surface area contributed by atoms with Crippen LogP contribution in [0.2, 0.25) is 0 Å². The standard InChI is InChI=1S/C64H42N2O/c1-2-16-45(17-3-1)54-39-36-48(53-28-14-19-44-18-4-5-24-52(44)53)42-62(54)65(50-22-13-21-47(41-50)55-29-15-30-59-58-27-8-11-33-63(58)67-64(55)59)49-37-34-43(35-38-49)46-20-12-23-51(40-46)66-60-31-9-6-25-56(60)57-26-7-10-32-61(57)66/h1-42H. The van der Waals surface area contributed by atoms with Crippen LogP contribution in [0, 0.1) is 0 Å². The first-order valence-electron chi connectivity index (χ1n) is 22.9. The topological polar surface area (TPSA) is 21.3 Å². The molecule has 2 heterocycles. The van der Waals surface area contributed by atoms with Crippen molar-refractivity contribution in [2.75, 3.05) is 4.90 Å². The van der Waals surface area contributed by atoms with Crippen LogP contribution in [0.4, 0.5) is 17.1 Å². The summed E-state index contributed by atoms with van der Waals surface area (Å²) in [6, 6.07) is 92.0. The zero-order valence-corrected chi connectivity index (χ0v) is 36.6. The number of aromatic nitrogens is 1. The highest BCUT2D eigenvalue weighted by atomic mass is 16.3. The molecule has 0 fully saturated rings. The Morgan fingerprint density at radius 2 is 0.896 bits per heavy atom. The van der Waals surface area contributed by atoms with Crippen LogP contribution in [0.1, 0.15) is 0 Å². The van der Waals surface area contributed by atoms with Gasteiger partial charge in [0.15, 0.2) is 0 Å². The van der Waals surface area contributed by atoms with E-state index in [1.165, 1.54) is 38.1 Å². The number of fused-ring (bicyclic) bond motifs is 7. The van der Waals surface area contributed by atoms with Gasteiger partial charge in [0.1, 0.15) is 11.2 Å². The van der Waals surface area contributed by atoms with E-state index in [4.69, 9.17) is 4.42 Å². The highest BCUT2D eigenvalue weighted by Gasteiger charge is 2.21. The van der Waals surface area contributed by atoms with E-state index in [9.17, 15) is 0 Å². The first-order chi connectivity index (χ1) is 33.2. The molecule has 0 aliphatic rings.